The molecular formula is C20H20FN5O2S3. The van der Waals surface area contributed by atoms with Crippen molar-refractivity contribution in [1.82, 2.24) is 23.9 Å². The van der Waals surface area contributed by atoms with Gasteiger partial charge in [0.25, 0.3) is 0 Å². The minimum atomic E-state index is -3.57. The van der Waals surface area contributed by atoms with E-state index < -0.39 is 10.0 Å². The minimum absolute atomic E-state index is 0.206. The number of rotatable bonds is 8. The number of halogens is 1. The largest absolute Gasteiger partial charge is 0.276 e. The summed E-state index contributed by atoms with van der Waals surface area (Å²) in [6.45, 7) is 4.43. The van der Waals surface area contributed by atoms with Crippen molar-refractivity contribution in [3.05, 3.63) is 59.5 Å². The lowest BCUT2D eigenvalue weighted by Gasteiger charge is -2.18. The number of aromatic nitrogens is 4. The van der Waals surface area contributed by atoms with Crippen LogP contribution in [0.2, 0.25) is 0 Å². The van der Waals surface area contributed by atoms with E-state index in [0.29, 0.717) is 29.6 Å². The molecule has 7 nitrogen and oxygen atoms in total. The van der Waals surface area contributed by atoms with E-state index in [9.17, 15) is 12.8 Å². The van der Waals surface area contributed by atoms with Crippen molar-refractivity contribution in [2.24, 2.45) is 0 Å². The van der Waals surface area contributed by atoms with Crippen LogP contribution in [0.1, 0.15) is 19.5 Å². The standard InChI is InChI=1S/C20H20FN5O2S3/c1-3-25(4-2)31(27,28)17-9-10-18-23-24-20(26(18)11-17)30-13-16-12-29-19(22-16)14-5-7-15(21)8-6-14/h5-12H,3-4,13H2,1-2H3. The van der Waals surface area contributed by atoms with Crippen molar-refractivity contribution in [2.45, 2.75) is 29.7 Å². The van der Waals surface area contributed by atoms with E-state index in [1.807, 2.05) is 19.2 Å². The van der Waals surface area contributed by atoms with Gasteiger partial charge >= 0.3 is 0 Å². The Hall–Kier alpha value is -2.34. The molecule has 31 heavy (non-hydrogen) atoms. The third kappa shape index (κ3) is 4.49. The molecule has 162 valence electrons. The van der Waals surface area contributed by atoms with Gasteiger partial charge in [0.2, 0.25) is 10.0 Å². The van der Waals surface area contributed by atoms with Crippen LogP contribution in [0.3, 0.4) is 0 Å². The summed E-state index contributed by atoms with van der Waals surface area (Å²) in [7, 11) is -3.57. The molecule has 0 saturated heterocycles. The van der Waals surface area contributed by atoms with Crippen LogP contribution in [0.5, 0.6) is 0 Å². The van der Waals surface area contributed by atoms with Gasteiger partial charge in [-0.05, 0) is 36.4 Å². The van der Waals surface area contributed by atoms with E-state index in [1.165, 1.54) is 39.5 Å². The first-order valence-electron chi connectivity index (χ1n) is 9.60. The van der Waals surface area contributed by atoms with Crippen LogP contribution in [-0.4, -0.2) is 45.4 Å². The molecule has 1 aromatic carbocycles. The van der Waals surface area contributed by atoms with Gasteiger partial charge in [-0.2, -0.15) is 4.31 Å². The van der Waals surface area contributed by atoms with Gasteiger partial charge in [-0.25, -0.2) is 17.8 Å². The lowest BCUT2D eigenvalue weighted by atomic mass is 10.2. The van der Waals surface area contributed by atoms with Gasteiger partial charge in [-0.1, -0.05) is 25.6 Å². The minimum Gasteiger partial charge on any atom is -0.276 e. The molecule has 0 fully saturated rings. The first-order chi connectivity index (χ1) is 14.9. The topological polar surface area (TPSA) is 80.5 Å². The number of sulfonamides is 1. The fourth-order valence-electron chi connectivity index (χ4n) is 3.05. The summed E-state index contributed by atoms with van der Waals surface area (Å²) in [6, 6.07) is 9.45. The van der Waals surface area contributed by atoms with E-state index in [-0.39, 0.29) is 10.7 Å². The van der Waals surface area contributed by atoms with Crippen molar-refractivity contribution >= 4 is 38.8 Å². The van der Waals surface area contributed by atoms with Crippen LogP contribution < -0.4 is 0 Å². The van der Waals surface area contributed by atoms with Crippen molar-refractivity contribution in [3.63, 3.8) is 0 Å². The van der Waals surface area contributed by atoms with Crippen molar-refractivity contribution in [2.75, 3.05) is 13.1 Å². The Bertz CT molecular complexity index is 1300. The van der Waals surface area contributed by atoms with Gasteiger partial charge < -0.3 is 0 Å². The second-order valence-electron chi connectivity index (χ2n) is 6.60. The fourth-order valence-corrected chi connectivity index (χ4v) is 6.25. The van der Waals surface area contributed by atoms with Crippen LogP contribution in [0, 0.1) is 5.82 Å². The van der Waals surface area contributed by atoms with Gasteiger partial charge in [-0.3, -0.25) is 4.40 Å². The molecular weight excluding hydrogens is 457 g/mol. The molecule has 4 aromatic rings. The van der Waals surface area contributed by atoms with Crippen LogP contribution in [0.15, 0.2) is 58.0 Å². The molecule has 3 heterocycles. The van der Waals surface area contributed by atoms with Crippen LogP contribution in [0.4, 0.5) is 4.39 Å². The van der Waals surface area contributed by atoms with Gasteiger partial charge in [-0.15, -0.1) is 21.5 Å². The predicted molar refractivity (Wildman–Crippen MR) is 120 cm³/mol. The third-order valence-corrected chi connectivity index (χ3v) is 8.63. The SMILES string of the molecule is CCN(CC)S(=O)(=O)c1ccc2nnc(SCc3csc(-c4ccc(F)cc4)n3)n2c1. The van der Waals surface area contributed by atoms with Crippen molar-refractivity contribution < 1.29 is 12.8 Å². The van der Waals surface area contributed by atoms with Gasteiger partial charge in [0.15, 0.2) is 10.8 Å². The summed E-state index contributed by atoms with van der Waals surface area (Å²) in [4.78, 5) is 4.81. The zero-order valence-corrected chi connectivity index (χ0v) is 19.3. The van der Waals surface area contributed by atoms with E-state index in [4.69, 9.17) is 0 Å². The second-order valence-corrected chi connectivity index (χ2v) is 10.3. The van der Waals surface area contributed by atoms with Crippen LogP contribution >= 0.6 is 23.1 Å². The van der Waals surface area contributed by atoms with Gasteiger partial charge in [0.1, 0.15) is 10.8 Å². The Labute approximate surface area is 188 Å². The molecule has 0 aliphatic carbocycles. The summed E-state index contributed by atoms with van der Waals surface area (Å²) in [5.41, 5.74) is 2.30. The molecule has 3 aromatic heterocycles. The molecule has 0 amide bonds. The Morgan fingerprint density at radius 1 is 1.10 bits per heavy atom. The van der Waals surface area contributed by atoms with E-state index >= 15 is 0 Å². The maximum atomic E-state index is 13.1. The first kappa shape index (κ1) is 21.9. The average Bonchev–Trinajstić information content (AvgIpc) is 3.40. The lowest BCUT2D eigenvalue weighted by Crippen LogP contribution is -2.30. The lowest BCUT2D eigenvalue weighted by molar-refractivity contribution is 0.445. The highest BCUT2D eigenvalue weighted by atomic mass is 32.2. The van der Waals surface area contributed by atoms with Gasteiger partial charge in [0, 0.05) is 36.0 Å². The molecule has 11 heteroatoms. The zero-order valence-electron chi connectivity index (χ0n) is 16.9. The zero-order chi connectivity index (χ0) is 22.0. The van der Waals surface area contributed by atoms with Gasteiger partial charge in [0.05, 0.1) is 10.6 Å². The maximum absolute atomic E-state index is 13.1. The molecule has 0 saturated carbocycles. The van der Waals surface area contributed by atoms with E-state index in [2.05, 4.69) is 15.2 Å². The molecule has 0 aliphatic heterocycles. The smallest absolute Gasteiger partial charge is 0.244 e. The number of benzene rings is 1. The number of nitrogens with zero attached hydrogens (tertiary/aromatic N) is 5. The molecule has 0 N–H and O–H groups in total. The molecule has 0 radical (unpaired) electrons. The second kappa shape index (κ2) is 9.03. The number of fused-ring (bicyclic) bond motifs is 1. The molecule has 4 rings (SSSR count). The predicted octanol–water partition coefficient (Wildman–Crippen LogP) is 4.31. The highest BCUT2D eigenvalue weighted by Gasteiger charge is 2.22. The molecule has 0 bridgehead atoms. The molecule has 0 unspecified atom stereocenters. The number of hydrogen-bond donors (Lipinski definition) is 0. The van der Waals surface area contributed by atoms with Crippen molar-refractivity contribution in [1.29, 1.82) is 0 Å². The quantitative estimate of drug-likeness (QED) is 0.352. The highest BCUT2D eigenvalue weighted by Crippen LogP contribution is 2.28. The van der Waals surface area contributed by atoms with E-state index in [1.54, 1.807) is 34.9 Å². The van der Waals surface area contributed by atoms with E-state index in [0.717, 1.165) is 16.3 Å². The number of hydrogen-bond acceptors (Lipinski definition) is 7. The van der Waals surface area contributed by atoms with Crippen molar-refractivity contribution in [3.8, 4) is 10.6 Å². The normalized spacial score (nSPS) is 12.1. The Balaban J connectivity index is 1.55. The number of thiazole rings is 1. The molecule has 0 aliphatic rings. The Kier molecular flexibility index (Phi) is 6.37. The first-order valence-corrected chi connectivity index (χ1v) is 12.9. The Morgan fingerprint density at radius 2 is 1.84 bits per heavy atom. The summed E-state index contributed by atoms with van der Waals surface area (Å²) in [5, 5.41) is 11.7. The molecule has 0 atom stereocenters. The summed E-state index contributed by atoms with van der Waals surface area (Å²) in [6.07, 6.45) is 1.57. The molecule has 0 spiro atoms. The summed E-state index contributed by atoms with van der Waals surface area (Å²) in [5.74, 6) is 0.267. The third-order valence-electron chi connectivity index (χ3n) is 4.68. The fraction of sp³-hybridized carbons (Fsp3) is 0.250. The summed E-state index contributed by atoms with van der Waals surface area (Å²) >= 11 is 2.91. The monoisotopic (exact) mass is 477 g/mol. The maximum Gasteiger partial charge on any atom is 0.244 e. The number of thioether (sulfide) groups is 1. The number of pyridine rings is 1. The Morgan fingerprint density at radius 3 is 2.55 bits per heavy atom. The average molecular weight is 478 g/mol. The highest BCUT2D eigenvalue weighted by molar-refractivity contribution is 7.98. The van der Waals surface area contributed by atoms with Crippen LogP contribution in [0.25, 0.3) is 16.2 Å². The summed E-state index contributed by atoms with van der Waals surface area (Å²) < 4.78 is 41.9. The van der Waals surface area contributed by atoms with Crippen LogP contribution in [-0.2, 0) is 15.8 Å².